The number of amides is 1. The van der Waals surface area contributed by atoms with E-state index in [1.54, 1.807) is 6.92 Å². The van der Waals surface area contributed by atoms with E-state index < -0.39 is 27.4 Å². The molecule has 2 aliphatic rings. The number of carbonyl (C=O) groups is 1. The van der Waals surface area contributed by atoms with Crippen molar-refractivity contribution in [1.29, 1.82) is 0 Å². The van der Waals surface area contributed by atoms with E-state index in [-0.39, 0.29) is 30.6 Å². The molecule has 1 N–H and O–H groups in total. The highest BCUT2D eigenvalue weighted by Gasteiger charge is 2.56. The molecule has 0 unspecified atom stereocenters. The Labute approximate surface area is 128 Å². The number of piperazine rings is 1. The molecule has 1 atom stereocenters. The van der Waals surface area contributed by atoms with Crippen LogP contribution in [0.15, 0.2) is 23.1 Å². The molecule has 0 aromatic heterocycles. The molecule has 2 aliphatic heterocycles. The largest absolute Gasteiger partial charge is 0.377 e. The van der Waals surface area contributed by atoms with Crippen LogP contribution in [0.3, 0.4) is 0 Å². The number of nitrogens with zero attached hydrogens (tertiary/aromatic N) is 1. The van der Waals surface area contributed by atoms with Crippen LogP contribution in [0.25, 0.3) is 0 Å². The van der Waals surface area contributed by atoms with Crippen molar-refractivity contribution in [1.82, 2.24) is 9.62 Å². The van der Waals surface area contributed by atoms with Gasteiger partial charge in [0.05, 0.1) is 18.1 Å². The fourth-order valence-corrected chi connectivity index (χ4v) is 4.78. The fraction of sp³-hybridized carbons (Fsp3) is 0.500. The third-order valence-electron chi connectivity index (χ3n) is 4.23. The number of ether oxygens (including phenoxy) is 1. The first kappa shape index (κ1) is 15.4. The van der Waals surface area contributed by atoms with Gasteiger partial charge in [-0.15, -0.1) is 0 Å². The summed E-state index contributed by atoms with van der Waals surface area (Å²) in [4.78, 5) is 11.7. The summed E-state index contributed by atoms with van der Waals surface area (Å²) in [5, 5.41) is 2.70. The van der Waals surface area contributed by atoms with Crippen molar-refractivity contribution in [2.45, 2.75) is 30.3 Å². The number of hydrogen-bond acceptors (Lipinski definition) is 4. The first-order chi connectivity index (χ1) is 10.3. The van der Waals surface area contributed by atoms with Crippen molar-refractivity contribution >= 4 is 15.9 Å². The van der Waals surface area contributed by atoms with Gasteiger partial charge >= 0.3 is 0 Å². The average Bonchev–Trinajstić information content (AvgIpc) is 2.42. The molecule has 8 heteroatoms. The summed E-state index contributed by atoms with van der Waals surface area (Å²) in [5.74, 6) is -0.956. The highest BCUT2D eigenvalue weighted by Crippen LogP contribution is 2.35. The molecule has 3 rings (SSSR count). The monoisotopic (exact) mass is 328 g/mol. The zero-order valence-electron chi connectivity index (χ0n) is 12.3. The summed E-state index contributed by atoms with van der Waals surface area (Å²) in [6.07, 6.45) is 0. The molecule has 2 fully saturated rings. The van der Waals surface area contributed by atoms with Crippen LogP contribution in [0.5, 0.6) is 0 Å². The Morgan fingerprint density at radius 3 is 2.64 bits per heavy atom. The van der Waals surface area contributed by atoms with Crippen molar-refractivity contribution in [2.75, 3.05) is 19.8 Å². The lowest BCUT2D eigenvalue weighted by Crippen LogP contribution is -2.75. The number of rotatable bonds is 2. The average molecular weight is 328 g/mol. The maximum absolute atomic E-state index is 13.8. The van der Waals surface area contributed by atoms with E-state index >= 15 is 0 Å². The topological polar surface area (TPSA) is 75.7 Å². The summed E-state index contributed by atoms with van der Waals surface area (Å²) in [7, 11) is -4.00. The highest BCUT2D eigenvalue weighted by molar-refractivity contribution is 7.89. The molecule has 6 nitrogen and oxygen atoms in total. The summed E-state index contributed by atoms with van der Waals surface area (Å²) < 4.78 is 46.0. The fourth-order valence-electron chi connectivity index (χ4n) is 2.87. The molecule has 1 amide bonds. The van der Waals surface area contributed by atoms with Gasteiger partial charge in [-0.3, -0.25) is 4.79 Å². The third kappa shape index (κ3) is 2.13. The highest BCUT2D eigenvalue weighted by atomic mass is 32.2. The zero-order valence-corrected chi connectivity index (χ0v) is 13.1. The van der Waals surface area contributed by atoms with Gasteiger partial charge in [0.15, 0.2) is 0 Å². The minimum Gasteiger partial charge on any atom is -0.377 e. The summed E-state index contributed by atoms with van der Waals surface area (Å²) in [6, 6.07) is 2.91. The molecule has 1 aromatic carbocycles. The minimum absolute atomic E-state index is 0.150. The van der Waals surface area contributed by atoms with Gasteiger partial charge in [0.25, 0.3) is 0 Å². The van der Waals surface area contributed by atoms with Crippen LogP contribution in [0.2, 0.25) is 0 Å². The normalized spacial score (nSPS) is 24.9. The van der Waals surface area contributed by atoms with Crippen molar-refractivity contribution in [2.24, 2.45) is 0 Å². The van der Waals surface area contributed by atoms with E-state index in [1.807, 2.05) is 0 Å². The first-order valence-electron chi connectivity index (χ1n) is 6.94. The van der Waals surface area contributed by atoms with Crippen molar-refractivity contribution < 1.29 is 22.3 Å². The Hall–Kier alpha value is -1.51. The van der Waals surface area contributed by atoms with Crippen LogP contribution in [0, 0.1) is 12.7 Å². The zero-order chi connectivity index (χ0) is 16.1. The number of halogens is 1. The van der Waals surface area contributed by atoms with E-state index in [0.717, 1.165) is 6.07 Å². The van der Waals surface area contributed by atoms with Crippen LogP contribution in [0.1, 0.15) is 12.5 Å². The SMILES string of the molecule is Cc1ccc(S(=O)(=O)N2[C@@H](C)C(=O)NCC23COC3)cc1F. The van der Waals surface area contributed by atoms with Crippen molar-refractivity contribution in [3.05, 3.63) is 29.6 Å². The molecule has 0 bridgehead atoms. The van der Waals surface area contributed by atoms with E-state index in [9.17, 15) is 17.6 Å². The van der Waals surface area contributed by atoms with E-state index in [2.05, 4.69) is 5.32 Å². The van der Waals surface area contributed by atoms with Gasteiger partial charge in [0.2, 0.25) is 15.9 Å². The Kier molecular flexibility index (Phi) is 3.50. The molecule has 0 aliphatic carbocycles. The van der Waals surface area contributed by atoms with Gasteiger partial charge in [-0.1, -0.05) is 6.07 Å². The maximum Gasteiger partial charge on any atom is 0.244 e. The predicted molar refractivity (Wildman–Crippen MR) is 76.2 cm³/mol. The van der Waals surface area contributed by atoms with Crippen LogP contribution in [-0.4, -0.2) is 50.0 Å². The lowest BCUT2D eigenvalue weighted by molar-refractivity contribution is -0.153. The van der Waals surface area contributed by atoms with Crippen LogP contribution in [0.4, 0.5) is 4.39 Å². The van der Waals surface area contributed by atoms with E-state index in [0.29, 0.717) is 5.56 Å². The van der Waals surface area contributed by atoms with Crippen LogP contribution < -0.4 is 5.32 Å². The quantitative estimate of drug-likeness (QED) is 0.853. The van der Waals surface area contributed by atoms with Crippen LogP contribution >= 0.6 is 0 Å². The molecule has 120 valence electrons. The molecule has 1 aromatic rings. The summed E-state index contributed by atoms with van der Waals surface area (Å²) in [5.41, 5.74) is -0.418. The Balaban J connectivity index is 2.08. The molecule has 1 spiro atoms. The van der Waals surface area contributed by atoms with Crippen molar-refractivity contribution in [3.63, 3.8) is 0 Å². The second kappa shape index (κ2) is 5.00. The predicted octanol–water partition coefficient (Wildman–Crippen LogP) is 0.412. The third-order valence-corrected chi connectivity index (χ3v) is 6.30. The minimum atomic E-state index is -4.00. The smallest absolute Gasteiger partial charge is 0.244 e. The Morgan fingerprint density at radius 1 is 1.41 bits per heavy atom. The molecular formula is C14H17FN2O4S. The number of sulfonamides is 1. The standard InChI is InChI=1S/C14H17FN2O4S/c1-9-3-4-11(5-12(9)15)22(19,20)17-10(2)13(18)16-6-14(17)7-21-8-14/h3-5,10H,6-8H2,1-2H3,(H,16,18)/t10-/m0/s1. The number of carbonyl (C=O) groups excluding carboxylic acids is 1. The van der Waals surface area contributed by atoms with Gasteiger partial charge in [0.1, 0.15) is 17.4 Å². The number of hydrogen-bond donors (Lipinski definition) is 1. The second-order valence-corrected chi connectivity index (χ2v) is 7.64. The molecule has 2 heterocycles. The van der Waals surface area contributed by atoms with Crippen molar-refractivity contribution in [3.8, 4) is 0 Å². The lowest BCUT2D eigenvalue weighted by atomic mass is 9.93. The van der Waals surface area contributed by atoms with E-state index in [1.165, 1.54) is 23.4 Å². The number of aryl methyl sites for hydroxylation is 1. The molecule has 0 saturated carbocycles. The number of nitrogens with one attached hydrogen (secondary N) is 1. The second-order valence-electron chi connectivity index (χ2n) is 5.82. The van der Waals surface area contributed by atoms with Gasteiger partial charge in [-0.05, 0) is 31.5 Å². The molecule has 22 heavy (non-hydrogen) atoms. The Morgan fingerprint density at radius 2 is 2.09 bits per heavy atom. The molecule has 0 radical (unpaired) electrons. The number of benzene rings is 1. The molecule has 2 saturated heterocycles. The van der Waals surface area contributed by atoms with Gasteiger partial charge in [-0.2, -0.15) is 4.31 Å². The Bertz CT molecular complexity index is 730. The van der Waals surface area contributed by atoms with Crippen LogP contribution in [-0.2, 0) is 19.6 Å². The van der Waals surface area contributed by atoms with Gasteiger partial charge < -0.3 is 10.1 Å². The molecular weight excluding hydrogens is 311 g/mol. The van der Waals surface area contributed by atoms with Gasteiger partial charge in [0, 0.05) is 6.54 Å². The summed E-state index contributed by atoms with van der Waals surface area (Å²) in [6.45, 7) is 3.71. The first-order valence-corrected chi connectivity index (χ1v) is 8.38. The maximum atomic E-state index is 13.8. The summed E-state index contributed by atoms with van der Waals surface area (Å²) >= 11 is 0. The van der Waals surface area contributed by atoms with Gasteiger partial charge in [-0.25, -0.2) is 12.8 Å². The lowest BCUT2D eigenvalue weighted by Gasteiger charge is -2.53. The van der Waals surface area contributed by atoms with E-state index in [4.69, 9.17) is 4.74 Å².